The number of rotatable bonds is 3. The summed E-state index contributed by atoms with van der Waals surface area (Å²) in [5.41, 5.74) is 1.57. The van der Waals surface area contributed by atoms with Crippen LogP contribution in [0.1, 0.15) is 24.8 Å². The van der Waals surface area contributed by atoms with E-state index in [4.69, 9.17) is 0 Å². The van der Waals surface area contributed by atoms with Crippen LogP contribution in [0.3, 0.4) is 0 Å². The van der Waals surface area contributed by atoms with E-state index in [1.807, 2.05) is 0 Å². The Bertz CT molecular complexity index is 386. The smallest absolute Gasteiger partial charge is 0.000188 e. The normalized spacial score (nSPS) is 41.9. The summed E-state index contributed by atoms with van der Waals surface area (Å²) in [6.45, 7) is 0. The van der Waals surface area contributed by atoms with Crippen LogP contribution in [-0.4, -0.2) is 17.7 Å². The summed E-state index contributed by atoms with van der Waals surface area (Å²) in [6, 6.07) is 11.2. The first-order chi connectivity index (χ1) is 8.88. The Hall–Kier alpha value is 0.0800. The quantitative estimate of drug-likeness (QED) is 0.700. The Kier molecular flexibility index (Phi) is 3.22. The minimum Gasteiger partial charge on any atom is -0.110 e. The third-order valence-electron chi connectivity index (χ3n) is 5.12. The zero-order chi connectivity index (χ0) is 11.9. The van der Waals surface area contributed by atoms with Crippen molar-refractivity contribution in [3.63, 3.8) is 0 Å². The molecule has 5 rings (SSSR count). The summed E-state index contributed by atoms with van der Waals surface area (Å²) >= 11 is 0. The Labute approximate surface area is 113 Å². The van der Waals surface area contributed by atoms with E-state index in [-0.39, 0.29) is 0 Å². The lowest BCUT2D eigenvalue weighted by Crippen LogP contribution is -2.42. The largest absolute Gasteiger partial charge is 0.110 e. The Morgan fingerprint density at radius 2 is 1.72 bits per heavy atom. The van der Waals surface area contributed by atoms with Crippen molar-refractivity contribution in [1.29, 1.82) is 0 Å². The summed E-state index contributed by atoms with van der Waals surface area (Å²) < 4.78 is 0. The summed E-state index contributed by atoms with van der Waals surface area (Å²) in [6.07, 6.45) is 9.45. The van der Waals surface area contributed by atoms with Crippen molar-refractivity contribution in [2.24, 2.45) is 17.8 Å². The van der Waals surface area contributed by atoms with Gasteiger partial charge in [0.1, 0.15) is 0 Å². The predicted molar refractivity (Wildman–Crippen MR) is 83.2 cm³/mol. The van der Waals surface area contributed by atoms with Gasteiger partial charge in [0.2, 0.25) is 0 Å². The fourth-order valence-corrected chi connectivity index (χ4v) is 11.1. The SMILES string of the molecule is c1ccc(CPC2C3CC4CC(C3)CP2C4)cc1. The molecule has 0 amide bonds. The van der Waals surface area contributed by atoms with Crippen LogP contribution in [0.2, 0.25) is 0 Å². The molecule has 0 N–H and O–H groups in total. The highest BCUT2D eigenvalue weighted by Crippen LogP contribution is 2.68. The van der Waals surface area contributed by atoms with E-state index in [9.17, 15) is 0 Å². The molecule has 1 aromatic rings. The minimum absolute atomic E-state index is 0.441. The van der Waals surface area contributed by atoms with Gasteiger partial charge < -0.3 is 0 Å². The van der Waals surface area contributed by atoms with Gasteiger partial charge in [-0.25, -0.2) is 0 Å². The van der Waals surface area contributed by atoms with Gasteiger partial charge in [0, 0.05) is 0 Å². The van der Waals surface area contributed by atoms with Gasteiger partial charge in [-0.3, -0.25) is 0 Å². The molecule has 1 aromatic carbocycles. The summed E-state index contributed by atoms with van der Waals surface area (Å²) in [4.78, 5) is 0. The van der Waals surface area contributed by atoms with Gasteiger partial charge in [0.15, 0.2) is 0 Å². The Morgan fingerprint density at radius 3 is 2.39 bits per heavy atom. The topological polar surface area (TPSA) is 0 Å². The molecule has 2 heteroatoms. The van der Waals surface area contributed by atoms with Crippen molar-refractivity contribution in [3.8, 4) is 0 Å². The molecule has 0 spiro atoms. The molecule has 4 atom stereocenters. The minimum atomic E-state index is 0.441. The van der Waals surface area contributed by atoms with Crippen molar-refractivity contribution in [1.82, 2.24) is 0 Å². The molecule has 1 saturated carbocycles. The lowest BCUT2D eigenvalue weighted by molar-refractivity contribution is 0.205. The van der Waals surface area contributed by atoms with Crippen molar-refractivity contribution in [2.75, 3.05) is 12.3 Å². The molecule has 96 valence electrons. The van der Waals surface area contributed by atoms with E-state index in [1.165, 1.54) is 14.7 Å². The van der Waals surface area contributed by atoms with Gasteiger partial charge in [-0.15, -0.1) is 8.58 Å². The molecule has 4 aliphatic rings. The third kappa shape index (κ3) is 2.17. The number of hydrogen-bond acceptors (Lipinski definition) is 0. The monoisotopic (exact) mass is 276 g/mol. The maximum atomic E-state index is 2.32. The van der Waals surface area contributed by atoms with Gasteiger partial charge >= 0.3 is 0 Å². The highest BCUT2D eigenvalue weighted by molar-refractivity contribution is 7.69. The van der Waals surface area contributed by atoms with E-state index >= 15 is 0 Å². The molecule has 0 radical (unpaired) electrons. The second-order valence-corrected chi connectivity index (χ2v) is 10.8. The van der Waals surface area contributed by atoms with Gasteiger partial charge in [-0.1, -0.05) is 38.3 Å². The van der Waals surface area contributed by atoms with Crippen LogP contribution < -0.4 is 0 Å². The van der Waals surface area contributed by atoms with E-state index in [0.717, 1.165) is 23.2 Å². The van der Waals surface area contributed by atoms with Crippen LogP contribution >= 0.6 is 16.5 Å². The molecular formula is C16H22P2. The van der Waals surface area contributed by atoms with Crippen molar-refractivity contribution < 1.29 is 0 Å². The molecule has 18 heavy (non-hydrogen) atoms. The molecule has 0 nitrogen and oxygen atoms in total. The van der Waals surface area contributed by atoms with E-state index < -0.39 is 0 Å². The molecule has 3 aliphatic heterocycles. The van der Waals surface area contributed by atoms with Crippen LogP contribution in [0.5, 0.6) is 0 Å². The first kappa shape index (κ1) is 11.9. The van der Waals surface area contributed by atoms with E-state index in [1.54, 1.807) is 37.1 Å². The van der Waals surface area contributed by atoms with Crippen molar-refractivity contribution in [2.45, 2.75) is 30.8 Å². The molecule has 0 aromatic heterocycles. The average molecular weight is 276 g/mol. The summed E-state index contributed by atoms with van der Waals surface area (Å²) in [5, 5.41) is 1.16. The average Bonchev–Trinajstić information content (AvgIpc) is 2.38. The second-order valence-electron chi connectivity index (χ2n) is 6.46. The zero-order valence-corrected chi connectivity index (χ0v) is 12.8. The standard InChI is InChI=1S/C16H22P2/c1-2-4-12(5-3-1)9-17-16-15-7-13-6-14(8-15)11-18(16)10-13/h1-5,13-17H,6-11H2. The van der Waals surface area contributed by atoms with Crippen LogP contribution in [0.4, 0.5) is 0 Å². The van der Waals surface area contributed by atoms with Crippen LogP contribution in [0, 0.1) is 17.8 Å². The highest BCUT2D eigenvalue weighted by atomic mass is 31.2. The highest BCUT2D eigenvalue weighted by Gasteiger charge is 2.47. The Balaban J connectivity index is 1.43. The second kappa shape index (κ2) is 4.88. The summed E-state index contributed by atoms with van der Waals surface area (Å²) in [7, 11) is 1.66. The molecule has 3 heterocycles. The van der Waals surface area contributed by atoms with Gasteiger partial charge in [0.05, 0.1) is 0 Å². The Morgan fingerprint density at radius 1 is 1.00 bits per heavy atom. The first-order valence-electron chi connectivity index (χ1n) is 7.40. The fourth-order valence-electron chi connectivity index (χ4n) is 4.55. The first-order valence-corrected chi connectivity index (χ1v) is 10.5. The van der Waals surface area contributed by atoms with Gasteiger partial charge in [0.25, 0.3) is 0 Å². The fraction of sp³-hybridized carbons (Fsp3) is 0.625. The molecule has 3 saturated heterocycles. The lowest BCUT2D eigenvalue weighted by atomic mass is 9.76. The van der Waals surface area contributed by atoms with Crippen molar-refractivity contribution in [3.05, 3.63) is 35.9 Å². The maximum Gasteiger partial charge on any atom is -0.000188 e. The lowest BCUT2D eigenvalue weighted by Gasteiger charge is -2.54. The van der Waals surface area contributed by atoms with Gasteiger partial charge in [-0.05, 0) is 66.5 Å². The molecular weight excluding hydrogens is 254 g/mol. The van der Waals surface area contributed by atoms with Crippen LogP contribution in [0.15, 0.2) is 30.3 Å². The molecule has 4 unspecified atom stereocenters. The molecule has 1 aliphatic carbocycles. The predicted octanol–water partition coefficient (Wildman–Crippen LogP) is 4.73. The molecule has 4 fully saturated rings. The number of benzene rings is 1. The molecule has 4 bridgehead atoms. The van der Waals surface area contributed by atoms with Crippen LogP contribution in [-0.2, 0) is 6.16 Å². The zero-order valence-electron chi connectivity index (χ0n) is 10.9. The third-order valence-corrected chi connectivity index (χ3v) is 11.4. The van der Waals surface area contributed by atoms with Crippen LogP contribution in [0.25, 0.3) is 0 Å². The van der Waals surface area contributed by atoms with Gasteiger partial charge in [-0.2, -0.15) is 0 Å². The van der Waals surface area contributed by atoms with E-state index in [0.29, 0.717) is 7.92 Å². The summed E-state index contributed by atoms with van der Waals surface area (Å²) in [5.74, 6) is 3.46. The van der Waals surface area contributed by atoms with Crippen molar-refractivity contribution >= 4 is 16.5 Å². The number of hydrogen-bond donors (Lipinski definition) is 0. The maximum absolute atomic E-state index is 2.32. The van der Waals surface area contributed by atoms with E-state index in [2.05, 4.69) is 30.3 Å².